The number of hydrogen-bond donors (Lipinski definition) is 0. The number of rotatable bonds is 4. The molecular formula is C18H15ClFNO2. The van der Waals surface area contributed by atoms with E-state index in [9.17, 15) is 9.18 Å². The minimum atomic E-state index is -0.508. The fraction of sp³-hybridized carbons (Fsp3) is 0.167. The van der Waals surface area contributed by atoms with E-state index in [2.05, 4.69) is 0 Å². The summed E-state index contributed by atoms with van der Waals surface area (Å²) in [6, 6.07) is 14.2. The van der Waals surface area contributed by atoms with Gasteiger partial charge in [-0.3, -0.25) is 0 Å². The number of esters is 1. The van der Waals surface area contributed by atoms with Gasteiger partial charge in [-0.2, -0.15) is 0 Å². The van der Waals surface area contributed by atoms with Gasteiger partial charge in [0.15, 0.2) is 0 Å². The van der Waals surface area contributed by atoms with Crippen LogP contribution in [0.4, 0.5) is 4.39 Å². The van der Waals surface area contributed by atoms with E-state index in [1.54, 1.807) is 23.6 Å². The summed E-state index contributed by atoms with van der Waals surface area (Å²) in [4.78, 5) is 12.2. The molecule has 0 spiro atoms. The first kappa shape index (κ1) is 15.6. The zero-order valence-corrected chi connectivity index (χ0v) is 13.3. The number of hydrogen-bond acceptors (Lipinski definition) is 2. The van der Waals surface area contributed by atoms with Crippen molar-refractivity contribution < 1.29 is 13.9 Å². The molecule has 3 rings (SSSR count). The van der Waals surface area contributed by atoms with Crippen molar-refractivity contribution in [1.82, 2.24) is 4.57 Å². The van der Waals surface area contributed by atoms with E-state index in [1.165, 1.54) is 6.07 Å². The Morgan fingerprint density at radius 2 is 1.96 bits per heavy atom. The van der Waals surface area contributed by atoms with Gasteiger partial charge in [0.2, 0.25) is 0 Å². The van der Waals surface area contributed by atoms with Crippen LogP contribution in [0.3, 0.4) is 0 Å². The molecule has 0 bridgehead atoms. The molecule has 1 aromatic heterocycles. The molecule has 0 saturated heterocycles. The van der Waals surface area contributed by atoms with Crippen molar-refractivity contribution in [3.63, 3.8) is 0 Å². The molecule has 3 aromatic rings. The highest BCUT2D eigenvalue weighted by Gasteiger charge is 2.19. The van der Waals surface area contributed by atoms with Crippen LogP contribution in [0, 0.1) is 5.82 Å². The average Bonchev–Trinajstić information content (AvgIpc) is 2.92. The van der Waals surface area contributed by atoms with Crippen LogP contribution in [-0.4, -0.2) is 17.1 Å². The largest absolute Gasteiger partial charge is 0.461 e. The van der Waals surface area contributed by atoms with Gasteiger partial charge in [-0.05, 0) is 30.7 Å². The molecule has 5 heteroatoms. The van der Waals surface area contributed by atoms with Crippen LogP contribution in [0.5, 0.6) is 0 Å². The first-order chi connectivity index (χ1) is 11.1. The molecule has 0 N–H and O–H groups in total. The van der Waals surface area contributed by atoms with Crippen LogP contribution < -0.4 is 0 Å². The summed E-state index contributed by atoms with van der Waals surface area (Å²) in [5.74, 6) is -0.956. The Morgan fingerprint density at radius 1 is 1.22 bits per heavy atom. The number of ether oxygens (including phenoxy) is 1. The van der Waals surface area contributed by atoms with Crippen molar-refractivity contribution in [2.45, 2.75) is 13.5 Å². The Kier molecular flexibility index (Phi) is 4.35. The van der Waals surface area contributed by atoms with Gasteiger partial charge in [0.1, 0.15) is 11.5 Å². The lowest BCUT2D eigenvalue weighted by Gasteiger charge is -2.10. The smallest absolute Gasteiger partial charge is 0.354 e. The lowest BCUT2D eigenvalue weighted by molar-refractivity contribution is 0.0515. The molecule has 0 fully saturated rings. The third kappa shape index (κ3) is 2.94. The molecule has 118 valence electrons. The summed E-state index contributed by atoms with van der Waals surface area (Å²) in [5.41, 5.74) is 2.08. The van der Waals surface area contributed by atoms with Crippen molar-refractivity contribution in [3.05, 3.63) is 70.6 Å². The Hall–Kier alpha value is -2.33. The lowest BCUT2D eigenvalue weighted by atomic mass is 10.2. The number of aromatic nitrogens is 1. The van der Waals surface area contributed by atoms with Gasteiger partial charge >= 0.3 is 5.97 Å². The number of carbonyl (C=O) groups excluding carboxylic acids is 1. The monoisotopic (exact) mass is 331 g/mol. The van der Waals surface area contributed by atoms with Gasteiger partial charge in [-0.1, -0.05) is 41.9 Å². The van der Waals surface area contributed by atoms with Crippen LogP contribution in [0.15, 0.2) is 48.5 Å². The third-order valence-electron chi connectivity index (χ3n) is 3.64. The van der Waals surface area contributed by atoms with Gasteiger partial charge < -0.3 is 9.30 Å². The summed E-state index contributed by atoms with van der Waals surface area (Å²) in [6.07, 6.45) is 0. The first-order valence-corrected chi connectivity index (χ1v) is 7.68. The predicted octanol–water partition coefficient (Wildman–Crippen LogP) is 4.66. The van der Waals surface area contributed by atoms with Crippen molar-refractivity contribution in [3.8, 4) is 0 Å². The summed E-state index contributed by atoms with van der Waals surface area (Å²) in [7, 11) is 0. The second kappa shape index (κ2) is 6.42. The molecule has 0 aliphatic heterocycles. The van der Waals surface area contributed by atoms with Crippen LogP contribution >= 0.6 is 11.6 Å². The van der Waals surface area contributed by atoms with E-state index in [-0.39, 0.29) is 11.6 Å². The molecule has 2 aromatic carbocycles. The molecule has 0 saturated carbocycles. The number of benzene rings is 2. The zero-order chi connectivity index (χ0) is 16.4. The zero-order valence-electron chi connectivity index (χ0n) is 12.6. The average molecular weight is 332 g/mol. The number of carbonyl (C=O) groups is 1. The topological polar surface area (TPSA) is 31.2 Å². The Balaban J connectivity index is 2.17. The maximum atomic E-state index is 13.7. The number of nitrogens with zero attached hydrogens (tertiary/aromatic N) is 1. The predicted molar refractivity (Wildman–Crippen MR) is 88.4 cm³/mol. The SMILES string of the molecule is CCOC(=O)c1cc2c(Cl)c(F)ccc2n1Cc1ccccc1. The summed E-state index contributed by atoms with van der Waals surface area (Å²) >= 11 is 6.06. The minimum absolute atomic E-state index is 0.0138. The lowest BCUT2D eigenvalue weighted by Crippen LogP contribution is -2.12. The van der Waals surface area contributed by atoms with Crippen LogP contribution in [-0.2, 0) is 11.3 Å². The van der Waals surface area contributed by atoms with Gasteiger partial charge in [0.25, 0.3) is 0 Å². The van der Waals surface area contributed by atoms with E-state index in [0.29, 0.717) is 23.1 Å². The highest BCUT2D eigenvalue weighted by atomic mass is 35.5. The van der Waals surface area contributed by atoms with Crippen molar-refractivity contribution in [2.24, 2.45) is 0 Å². The second-order valence-electron chi connectivity index (χ2n) is 5.12. The maximum Gasteiger partial charge on any atom is 0.354 e. The quantitative estimate of drug-likeness (QED) is 0.651. The highest BCUT2D eigenvalue weighted by Crippen LogP contribution is 2.30. The molecule has 23 heavy (non-hydrogen) atoms. The van der Waals surface area contributed by atoms with Gasteiger partial charge in [0.05, 0.1) is 17.1 Å². The number of halogens is 2. The molecule has 0 amide bonds. The molecule has 0 radical (unpaired) electrons. The van der Waals surface area contributed by atoms with E-state index in [0.717, 1.165) is 5.56 Å². The molecule has 1 heterocycles. The highest BCUT2D eigenvalue weighted by molar-refractivity contribution is 6.35. The fourth-order valence-electron chi connectivity index (χ4n) is 2.58. The van der Waals surface area contributed by atoms with Gasteiger partial charge in [-0.25, -0.2) is 9.18 Å². The van der Waals surface area contributed by atoms with E-state index < -0.39 is 11.8 Å². The fourth-order valence-corrected chi connectivity index (χ4v) is 2.80. The summed E-state index contributed by atoms with van der Waals surface area (Å²) in [5, 5.41) is 0.519. The van der Waals surface area contributed by atoms with Crippen LogP contribution in [0.2, 0.25) is 5.02 Å². The Morgan fingerprint density at radius 3 is 2.65 bits per heavy atom. The van der Waals surface area contributed by atoms with Gasteiger partial charge in [0, 0.05) is 11.9 Å². The van der Waals surface area contributed by atoms with Crippen molar-refractivity contribution >= 4 is 28.5 Å². The third-order valence-corrected chi connectivity index (χ3v) is 4.02. The van der Waals surface area contributed by atoms with E-state index in [1.807, 2.05) is 30.3 Å². The van der Waals surface area contributed by atoms with Gasteiger partial charge in [-0.15, -0.1) is 0 Å². The molecule has 3 nitrogen and oxygen atoms in total. The Bertz CT molecular complexity index is 858. The molecular weight excluding hydrogens is 317 g/mol. The second-order valence-corrected chi connectivity index (χ2v) is 5.49. The van der Waals surface area contributed by atoms with Crippen LogP contribution in [0.1, 0.15) is 23.0 Å². The van der Waals surface area contributed by atoms with E-state index in [4.69, 9.17) is 16.3 Å². The molecule has 0 aliphatic rings. The van der Waals surface area contributed by atoms with Crippen molar-refractivity contribution in [2.75, 3.05) is 6.61 Å². The Labute approximate surface area is 138 Å². The standard InChI is InChI=1S/C18H15ClFNO2/c1-2-23-18(22)16-10-13-15(9-8-14(20)17(13)19)21(16)11-12-6-4-3-5-7-12/h3-10H,2,11H2,1H3. The first-order valence-electron chi connectivity index (χ1n) is 7.30. The molecule has 0 aliphatic carbocycles. The normalized spacial score (nSPS) is 10.9. The van der Waals surface area contributed by atoms with Crippen LogP contribution in [0.25, 0.3) is 10.9 Å². The summed E-state index contributed by atoms with van der Waals surface area (Å²) < 4.78 is 20.6. The molecule has 0 atom stereocenters. The minimum Gasteiger partial charge on any atom is -0.461 e. The van der Waals surface area contributed by atoms with Crippen molar-refractivity contribution in [1.29, 1.82) is 0 Å². The maximum absolute atomic E-state index is 13.7. The van der Waals surface area contributed by atoms with E-state index >= 15 is 0 Å². The number of fused-ring (bicyclic) bond motifs is 1. The molecule has 0 unspecified atom stereocenters. The summed E-state index contributed by atoms with van der Waals surface area (Å²) in [6.45, 7) is 2.49.